The Hall–Kier alpha value is -1.84. The molecule has 4 nitrogen and oxygen atoms in total. The number of nitrogens with zero attached hydrogens (tertiary/aromatic N) is 1. The van der Waals surface area contributed by atoms with E-state index in [-0.39, 0.29) is 5.78 Å². The maximum atomic E-state index is 11.9. The molecule has 0 atom stereocenters. The van der Waals surface area contributed by atoms with Crippen molar-refractivity contribution in [2.75, 3.05) is 18.6 Å². The molecule has 0 unspecified atom stereocenters. The minimum atomic E-state index is -0.412. The summed E-state index contributed by atoms with van der Waals surface area (Å²) in [6.07, 6.45) is 0.732. The molecule has 17 heavy (non-hydrogen) atoms. The molecular formula is C13H15NO3. The van der Waals surface area contributed by atoms with Gasteiger partial charge in [-0.3, -0.25) is 9.69 Å². The monoisotopic (exact) mass is 233 g/mol. The number of amides is 1. The van der Waals surface area contributed by atoms with Crippen molar-refractivity contribution in [3.63, 3.8) is 0 Å². The molecule has 0 aromatic heterocycles. The summed E-state index contributed by atoms with van der Waals surface area (Å²) in [5.74, 6) is 0.0927. The van der Waals surface area contributed by atoms with Crippen molar-refractivity contribution in [2.24, 2.45) is 0 Å². The molecule has 4 heteroatoms. The highest BCUT2D eigenvalue weighted by molar-refractivity contribution is 6.05. The quantitative estimate of drug-likeness (QED) is 0.691. The molecule has 90 valence electrons. The van der Waals surface area contributed by atoms with Crippen molar-refractivity contribution in [2.45, 2.75) is 19.8 Å². The van der Waals surface area contributed by atoms with Crippen LogP contribution in [0, 0.1) is 6.92 Å². The van der Waals surface area contributed by atoms with Crippen LogP contribution in [0.15, 0.2) is 18.2 Å². The Labute approximate surface area is 100 Å². The third kappa shape index (κ3) is 2.16. The molecule has 0 spiro atoms. The molecule has 1 aliphatic heterocycles. The minimum absolute atomic E-state index is 0.0927. The molecule has 1 amide bonds. The number of carbonyl (C=O) groups is 2. The Balaban J connectivity index is 2.51. The lowest BCUT2D eigenvalue weighted by atomic mass is 10.0. The molecule has 1 aliphatic rings. The number of aryl methyl sites for hydroxylation is 1. The van der Waals surface area contributed by atoms with Gasteiger partial charge in [-0.15, -0.1) is 0 Å². The summed E-state index contributed by atoms with van der Waals surface area (Å²) in [5, 5.41) is 0. The molecule has 1 aromatic carbocycles. The summed E-state index contributed by atoms with van der Waals surface area (Å²) in [5.41, 5.74) is 2.29. The van der Waals surface area contributed by atoms with Crippen LogP contribution in [-0.4, -0.2) is 25.5 Å². The van der Waals surface area contributed by atoms with Crippen molar-refractivity contribution < 1.29 is 14.3 Å². The first-order valence-electron chi connectivity index (χ1n) is 5.63. The molecule has 0 bridgehead atoms. The molecule has 0 aliphatic carbocycles. The van der Waals surface area contributed by atoms with Crippen LogP contribution in [-0.2, 0) is 4.74 Å². The Morgan fingerprint density at radius 3 is 2.88 bits per heavy atom. The number of hydrogen-bond donors (Lipinski definition) is 0. The molecule has 0 radical (unpaired) electrons. The fourth-order valence-corrected chi connectivity index (χ4v) is 2.06. The Morgan fingerprint density at radius 1 is 1.41 bits per heavy atom. The van der Waals surface area contributed by atoms with Gasteiger partial charge in [0.2, 0.25) is 0 Å². The average molecular weight is 233 g/mol. The number of benzene rings is 1. The van der Waals surface area contributed by atoms with Gasteiger partial charge in [-0.25, -0.2) is 4.79 Å². The van der Waals surface area contributed by atoms with Gasteiger partial charge < -0.3 is 4.74 Å². The van der Waals surface area contributed by atoms with Gasteiger partial charge in [0, 0.05) is 18.5 Å². The first-order valence-corrected chi connectivity index (χ1v) is 5.63. The standard InChI is InChI=1S/C13H15NO3/c1-9-5-6-11-10(8-9)12(15)4-3-7-14(11)13(16)17-2/h5-6,8H,3-4,7H2,1-2H3. The van der Waals surface area contributed by atoms with E-state index >= 15 is 0 Å². The van der Waals surface area contributed by atoms with E-state index in [0.717, 1.165) is 5.56 Å². The minimum Gasteiger partial charge on any atom is -0.452 e. The zero-order valence-corrected chi connectivity index (χ0v) is 10.0. The van der Waals surface area contributed by atoms with Gasteiger partial charge in [-0.1, -0.05) is 11.6 Å². The Kier molecular flexibility index (Phi) is 3.13. The number of rotatable bonds is 0. The normalized spacial score (nSPS) is 15.2. The summed E-state index contributed by atoms with van der Waals surface area (Å²) < 4.78 is 4.74. The lowest BCUT2D eigenvalue weighted by Gasteiger charge is -2.20. The van der Waals surface area contributed by atoms with Crippen LogP contribution in [0.5, 0.6) is 0 Å². The summed E-state index contributed by atoms with van der Waals surface area (Å²) >= 11 is 0. The lowest BCUT2D eigenvalue weighted by molar-refractivity contribution is 0.0983. The SMILES string of the molecule is COC(=O)N1CCCC(=O)c2cc(C)ccc21. The number of carbonyl (C=O) groups excluding carboxylic acids is 2. The van der Waals surface area contributed by atoms with Crippen LogP contribution in [0.3, 0.4) is 0 Å². The van der Waals surface area contributed by atoms with Crippen molar-refractivity contribution in [1.29, 1.82) is 0 Å². The van der Waals surface area contributed by atoms with E-state index in [1.165, 1.54) is 12.0 Å². The second-order valence-corrected chi connectivity index (χ2v) is 4.17. The highest BCUT2D eigenvalue weighted by Gasteiger charge is 2.25. The first kappa shape index (κ1) is 11.6. The summed E-state index contributed by atoms with van der Waals surface area (Å²) in [6.45, 7) is 2.45. The average Bonchev–Trinajstić information content (AvgIpc) is 2.48. The van der Waals surface area contributed by atoms with Gasteiger partial charge in [0.05, 0.1) is 12.8 Å². The predicted octanol–water partition coefficient (Wildman–Crippen LogP) is 2.54. The first-order chi connectivity index (χ1) is 8.13. The summed E-state index contributed by atoms with van der Waals surface area (Å²) in [7, 11) is 1.35. The predicted molar refractivity (Wildman–Crippen MR) is 64.5 cm³/mol. The smallest absolute Gasteiger partial charge is 0.414 e. The van der Waals surface area contributed by atoms with Gasteiger partial charge in [-0.2, -0.15) is 0 Å². The maximum Gasteiger partial charge on any atom is 0.414 e. The van der Waals surface area contributed by atoms with Gasteiger partial charge in [0.1, 0.15) is 0 Å². The highest BCUT2D eigenvalue weighted by atomic mass is 16.5. The van der Waals surface area contributed by atoms with Crippen LogP contribution < -0.4 is 4.90 Å². The number of Topliss-reactive ketones (excluding diaryl/α,β-unsaturated/α-hetero) is 1. The second-order valence-electron chi connectivity index (χ2n) is 4.17. The molecule has 1 aromatic rings. The number of fused-ring (bicyclic) bond motifs is 1. The zero-order valence-electron chi connectivity index (χ0n) is 10.0. The van der Waals surface area contributed by atoms with Crippen LogP contribution in [0.1, 0.15) is 28.8 Å². The topological polar surface area (TPSA) is 46.6 Å². The second kappa shape index (κ2) is 4.57. The van der Waals surface area contributed by atoms with Crippen molar-refractivity contribution in [3.8, 4) is 0 Å². The van der Waals surface area contributed by atoms with Gasteiger partial charge in [0.25, 0.3) is 0 Å². The Morgan fingerprint density at radius 2 is 2.18 bits per heavy atom. The summed E-state index contributed by atoms with van der Waals surface area (Å²) in [6, 6.07) is 5.54. The van der Waals surface area contributed by atoms with E-state index in [2.05, 4.69) is 0 Å². The largest absolute Gasteiger partial charge is 0.452 e. The van der Waals surface area contributed by atoms with E-state index in [1.54, 1.807) is 0 Å². The zero-order chi connectivity index (χ0) is 12.4. The number of hydrogen-bond acceptors (Lipinski definition) is 3. The van der Waals surface area contributed by atoms with E-state index in [9.17, 15) is 9.59 Å². The third-order valence-corrected chi connectivity index (χ3v) is 2.92. The van der Waals surface area contributed by atoms with Crippen LogP contribution in [0.2, 0.25) is 0 Å². The molecule has 0 saturated carbocycles. The molecule has 0 fully saturated rings. The molecule has 0 N–H and O–H groups in total. The maximum absolute atomic E-state index is 11.9. The van der Waals surface area contributed by atoms with E-state index in [0.29, 0.717) is 30.6 Å². The van der Waals surface area contributed by atoms with Crippen molar-refractivity contribution in [1.82, 2.24) is 0 Å². The molecule has 1 heterocycles. The van der Waals surface area contributed by atoms with Crippen LogP contribution >= 0.6 is 0 Å². The van der Waals surface area contributed by atoms with Crippen molar-refractivity contribution in [3.05, 3.63) is 29.3 Å². The lowest BCUT2D eigenvalue weighted by Crippen LogP contribution is -2.31. The number of methoxy groups -OCH3 is 1. The van der Waals surface area contributed by atoms with Gasteiger partial charge in [-0.05, 0) is 25.5 Å². The highest BCUT2D eigenvalue weighted by Crippen LogP contribution is 2.27. The Bertz CT molecular complexity index is 468. The molecule has 2 rings (SSSR count). The molecular weight excluding hydrogens is 218 g/mol. The van der Waals surface area contributed by atoms with Gasteiger partial charge >= 0.3 is 6.09 Å². The van der Waals surface area contributed by atoms with E-state index in [4.69, 9.17) is 4.74 Å². The third-order valence-electron chi connectivity index (χ3n) is 2.92. The fourth-order valence-electron chi connectivity index (χ4n) is 2.06. The number of ketones is 1. The fraction of sp³-hybridized carbons (Fsp3) is 0.385. The van der Waals surface area contributed by atoms with Gasteiger partial charge in [0.15, 0.2) is 5.78 Å². The number of anilines is 1. The van der Waals surface area contributed by atoms with E-state index < -0.39 is 6.09 Å². The van der Waals surface area contributed by atoms with E-state index in [1.807, 2.05) is 25.1 Å². The van der Waals surface area contributed by atoms with Crippen LogP contribution in [0.4, 0.5) is 10.5 Å². The van der Waals surface area contributed by atoms with Crippen LogP contribution in [0.25, 0.3) is 0 Å². The molecule has 0 saturated heterocycles. The summed E-state index contributed by atoms with van der Waals surface area (Å²) in [4.78, 5) is 25.1. The number of ether oxygens (including phenoxy) is 1. The van der Waals surface area contributed by atoms with Crippen molar-refractivity contribution >= 4 is 17.6 Å².